The van der Waals surface area contributed by atoms with Crippen LogP contribution in [0.4, 0.5) is 0 Å². The normalized spacial score (nSPS) is 11.7. The van der Waals surface area contributed by atoms with Crippen LogP contribution in [0.3, 0.4) is 0 Å². The van der Waals surface area contributed by atoms with Crippen molar-refractivity contribution < 1.29 is 0 Å². The topological polar surface area (TPSA) is 0 Å². The summed E-state index contributed by atoms with van der Waals surface area (Å²) in [4.78, 5) is 5.19. The summed E-state index contributed by atoms with van der Waals surface area (Å²) in [5, 5.41) is 5.08. The highest BCUT2D eigenvalue weighted by atomic mass is 32.1. The fourth-order valence-electron chi connectivity index (χ4n) is 5.78. The molecule has 2 heterocycles. The summed E-state index contributed by atoms with van der Waals surface area (Å²) in [6.45, 7) is 0. The maximum Gasteiger partial charge on any atom is 0.0449 e. The third kappa shape index (κ3) is 6.14. The van der Waals surface area contributed by atoms with Gasteiger partial charge >= 0.3 is 0 Å². The molecule has 0 radical (unpaired) electrons. The maximum atomic E-state index is 2.25. The standard InChI is InChI=1S/C44H30S2/c1-3-7-39-29-33(17-19-35(39)5-1)11-9-31-13-21-37(22-14-31)41-25-27-43(45-41)44-28-26-42(46-44)38-23-15-32(16-24-38)10-12-34-18-20-36-6-2-4-8-40(36)30-34/h1-30H. The Kier molecular flexibility index (Phi) is 7.73. The highest BCUT2D eigenvalue weighted by Crippen LogP contribution is 2.40. The summed E-state index contributed by atoms with van der Waals surface area (Å²) >= 11 is 3.71. The molecule has 8 rings (SSSR count). The van der Waals surface area contributed by atoms with Gasteiger partial charge in [-0.3, -0.25) is 0 Å². The minimum atomic E-state index is 1.20. The van der Waals surface area contributed by atoms with Gasteiger partial charge in [0.15, 0.2) is 0 Å². The van der Waals surface area contributed by atoms with E-state index >= 15 is 0 Å². The monoisotopic (exact) mass is 622 g/mol. The molecule has 0 amide bonds. The van der Waals surface area contributed by atoms with E-state index in [4.69, 9.17) is 0 Å². The van der Waals surface area contributed by atoms with Crippen LogP contribution in [0.15, 0.2) is 158 Å². The first-order valence-electron chi connectivity index (χ1n) is 15.5. The largest absolute Gasteiger partial charge is 0.134 e. The van der Waals surface area contributed by atoms with E-state index in [1.165, 1.54) is 74.4 Å². The predicted molar refractivity (Wildman–Crippen MR) is 204 cm³/mol. The zero-order chi connectivity index (χ0) is 30.7. The molecule has 0 unspecified atom stereocenters. The number of thiophene rings is 2. The SMILES string of the molecule is C(=Cc1ccc2ccccc2c1)c1ccc(-c2ccc(-c3ccc(-c4ccc(C=Cc5ccc6ccccc6c5)cc4)s3)s2)cc1. The number of hydrogen-bond acceptors (Lipinski definition) is 2. The van der Waals surface area contributed by atoms with Crippen LogP contribution in [0, 0.1) is 0 Å². The van der Waals surface area contributed by atoms with Gasteiger partial charge in [0.25, 0.3) is 0 Å². The van der Waals surface area contributed by atoms with Crippen LogP contribution in [0.1, 0.15) is 22.3 Å². The fourth-order valence-corrected chi connectivity index (χ4v) is 7.89. The number of hydrogen-bond donors (Lipinski definition) is 0. The Hall–Kier alpha value is -5.28. The van der Waals surface area contributed by atoms with Crippen molar-refractivity contribution in [1.29, 1.82) is 0 Å². The molecule has 0 N–H and O–H groups in total. The zero-order valence-electron chi connectivity index (χ0n) is 25.1. The fraction of sp³-hybridized carbons (Fsp3) is 0. The van der Waals surface area contributed by atoms with Crippen molar-refractivity contribution >= 4 is 68.5 Å². The van der Waals surface area contributed by atoms with Crippen molar-refractivity contribution in [3.8, 4) is 30.6 Å². The quantitative estimate of drug-likeness (QED) is 0.155. The van der Waals surface area contributed by atoms with Gasteiger partial charge in [-0.15, -0.1) is 22.7 Å². The second-order valence-corrected chi connectivity index (χ2v) is 13.6. The van der Waals surface area contributed by atoms with E-state index in [-0.39, 0.29) is 0 Å². The van der Waals surface area contributed by atoms with Crippen molar-refractivity contribution in [2.75, 3.05) is 0 Å². The lowest BCUT2D eigenvalue weighted by molar-refractivity contribution is 1.65. The molecule has 2 aromatic heterocycles. The molecule has 8 aromatic rings. The van der Waals surface area contributed by atoms with Gasteiger partial charge in [-0.2, -0.15) is 0 Å². The Morgan fingerprint density at radius 1 is 0.283 bits per heavy atom. The summed E-state index contributed by atoms with van der Waals surface area (Å²) in [6, 6.07) is 56.9. The van der Waals surface area contributed by atoms with Crippen LogP contribution in [-0.2, 0) is 0 Å². The summed E-state index contributed by atoms with van der Waals surface area (Å²) < 4.78 is 0. The van der Waals surface area contributed by atoms with Crippen LogP contribution in [0.2, 0.25) is 0 Å². The molecule has 0 aliphatic rings. The average molecular weight is 623 g/mol. The van der Waals surface area contributed by atoms with Crippen molar-refractivity contribution in [1.82, 2.24) is 0 Å². The lowest BCUT2D eigenvalue weighted by Gasteiger charge is -2.01. The van der Waals surface area contributed by atoms with E-state index in [9.17, 15) is 0 Å². The Balaban J connectivity index is 0.928. The van der Waals surface area contributed by atoms with E-state index in [2.05, 4.69) is 182 Å². The third-order valence-electron chi connectivity index (χ3n) is 8.33. The number of benzene rings is 6. The van der Waals surface area contributed by atoms with Gasteiger partial charge in [0.05, 0.1) is 0 Å². The van der Waals surface area contributed by atoms with Gasteiger partial charge in [-0.05, 0) is 91.3 Å². The molecule has 0 atom stereocenters. The molecule has 0 saturated carbocycles. The second kappa shape index (κ2) is 12.6. The van der Waals surface area contributed by atoms with Crippen molar-refractivity contribution in [2.24, 2.45) is 0 Å². The van der Waals surface area contributed by atoms with Gasteiger partial charge in [0, 0.05) is 19.5 Å². The lowest BCUT2D eigenvalue weighted by Crippen LogP contribution is -1.77. The Labute approximate surface area is 277 Å². The third-order valence-corrected chi connectivity index (χ3v) is 10.8. The van der Waals surface area contributed by atoms with Gasteiger partial charge in [-0.25, -0.2) is 0 Å². The van der Waals surface area contributed by atoms with Crippen molar-refractivity contribution in [3.63, 3.8) is 0 Å². The van der Waals surface area contributed by atoms with Gasteiger partial charge in [0.1, 0.15) is 0 Å². The maximum absolute atomic E-state index is 2.25. The number of fused-ring (bicyclic) bond motifs is 2. The summed E-state index contributed by atoms with van der Waals surface area (Å²) in [7, 11) is 0. The Bertz CT molecular complexity index is 2180. The second-order valence-electron chi connectivity index (χ2n) is 11.5. The molecule has 0 fully saturated rings. The molecule has 0 aliphatic heterocycles. The first kappa shape index (κ1) is 28.2. The van der Waals surface area contributed by atoms with Gasteiger partial charge < -0.3 is 0 Å². The highest BCUT2D eigenvalue weighted by molar-refractivity contribution is 7.25. The van der Waals surface area contributed by atoms with Gasteiger partial charge in [0.2, 0.25) is 0 Å². The molecule has 0 nitrogen and oxygen atoms in total. The minimum absolute atomic E-state index is 1.20. The molecule has 6 aromatic carbocycles. The smallest absolute Gasteiger partial charge is 0.0449 e. The van der Waals surface area contributed by atoms with Crippen LogP contribution in [0.25, 0.3) is 76.5 Å². The molecular weight excluding hydrogens is 593 g/mol. The van der Waals surface area contributed by atoms with E-state index < -0.39 is 0 Å². The molecular formula is C44H30S2. The first-order chi connectivity index (χ1) is 22.7. The molecule has 0 saturated heterocycles. The molecule has 0 aliphatic carbocycles. The Morgan fingerprint density at radius 2 is 0.630 bits per heavy atom. The average Bonchev–Trinajstić information content (AvgIpc) is 3.81. The minimum Gasteiger partial charge on any atom is -0.134 e. The molecule has 218 valence electrons. The van der Waals surface area contributed by atoms with Crippen LogP contribution < -0.4 is 0 Å². The van der Waals surface area contributed by atoms with E-state index in [0.29, 0.717) is 0 Å². The van der Waals surface area contributed by atoms with Gasteiger partial charge in [-0.1, -0.05) is 146 Å². The Morgan fingerprint density at radius 3 is 1.07 bits per heavy atom. The van der Waals surface area contributed by atoms with E-state index in [1.807, 2.05) is 22.7 Å². The predicted octanol–water partition coefficient (Wildman–Crippen LogP) is 13.5. The highest BCUT2D eigenvalue weighted by Gasteiger charge is 2.09. The van der Waals surface area contributed by atoms with E-state index in [1.54, 1.807) is 0 Å². The molecule has 0 spiro atoms. The molecule has 46 heavy (non-hydrogen) atoms. The molecule has 0 bridgehead atoms. The summed E-state index contributed by atoms with van der Waals surface area (Å²) in [5.74, 6) is 0. The summed E-state index contributed by atoms with van der Waals surface area (Å²) in [5.41, 5.74) is 7.33. The van der Waals surface area contributed by atoms with Crippen LogP contribution in [-0.4, -0.2) is 0 Å². The molecule has 2 heteroatoms. The summed E-state index contributed by atoms with van der Waals surface area (Å²) in [6.07, 6.45) is 8.76. The number of rotatable bonds is 7. The van der Waals surface area contributed by atoms with Crippen LogP contribution in [0.5, 0.6) is 0 Å². The van der Waals surface area contributed by atoms with Crippen molar-refractivity contribution in [3.05, 3.63) is 180 Å². The zero-order valence-corrected chi connectivity index (χ0v) is 26.8. The van der Waals surface area contributed by atoms with Crippen LogP contribution >= 0.6 is 22.7 Å². The lowest BCUT2D eigenvalue weighted by atomic mass is 10.1. The van der Waals surface area contributed by atoms with Crippen molar-refractivity contribution in [2.45, 2.75) is 0 Å². The van der Waals surface area contributed by atoms with E-state index in [0.717, 1.165) is 0 Å². The first-order valence-corrected chi connectivity index (χ1v) is 17.1.